The lowest BCUT2D eigenvalue weighted by molar-refractivity contribution is -0.133. The smallest absolute Gasteiger partial charge is 0.245 e. The first-order valence-corrected chi connectivity index (χ1v) is 7.30. The molecule has 1 aromatic carbocycles. The van der Waals surface area contributed by atoms with Crippen LogP contribution in [0.3, 0.4) is 0 Å². The minimum Gasteiger partial charge on any atom is -0.342 e. The monoisotopic (exact) mass is 268 g/mol. The molecule has 1 aliphatic rings. The van der Waals surface area contributed by atoms with Crippen molar-refractivity contribution in [2.45, 2.75) is 25.3 Å². The average molecular weight is 268 g/mol. The number of carbonyl (C=O) groups excluding carboxylic acids is 1. The van der Waals surface area contributed by atoms with Gasteiger partial charge in [0.25, 0.3) is 0 Å². The van der Waals surface area contributed by atoms with Gasteiger partial charge < -0.3 is 9.47 Å². The van der Waals surface area contributed by atoms with Crippen LogP contribution in [-0.4, -0.2) is 28.5 Å². The summed E-state index contributed by atoms with van der Waals surface area (Å²) < 4.78 is 2.04. The Morgan fingerprint density at radius 2 is 1.65 bits per heavy atom. The summed E-state index contributed by atoms with van der Waals surface area (Å²) in [7, 11) is 0. The van der Waals surface area contributed by atoms with Crippen LogP contribution in [0.4, 0.5) is 0 Å². The van der Waals surface area contributed by atoms with E-state index in [0.717, 1.165) is 32.4 Å². The Balaban J connectivity index is 1.82. The van der Waals surface area contributed by atoms with Crippen molar-refractivity contribution in [3.8, 4) is 0 Å². The highest BCUT2D eigenvalue weighted by atomic mass is 16.2. The Morgan fingerprint density at radius 1 is 1.00 bits per heavy atom. The summed E-state index contributed by atoms with van der Waals surface area (Å²) in [5.41, 5.74) is 1.21. The van der Waals surface area contributed by atoms with Gasteiger partial charge in [-0.3, -0.25) is 4.79 Å². The fraction of sp³-hybridized carbons (Fsp3) is 0.353. The summed E-state index contributed by atoms with van der Waals surface area (Å²) in [5, 5.41) is 0. The van der Waals surface area contributed by atoms with Crippen molar-refractivity contribution in [2.75, 3.05) is 13.1 Å². The molecule has 1 fully saturated rings. The van der Waals surface area contributed by atoms with Gasteiger partial charge in [-0.05, 0) is 30.5 Å². The van der Waals surface area contributed by atoms with Gasteiger partial charge in [-0.2, -0.15) is 0 Å². The first-order valence-electron chi connectivity index (χ1n) is 7.30. The van der Waals surface area contributed by atoms with Gasteiger partial charge in [0.05, 0.1) is 0 Å². The van der Waals surface area contributed by atoms with Gasteiger partial charge in [0, 0.05) is 31.9 Å². The SMILES string of the molecule is O=C([C@@H](Cc1ccccc1)n1cccc1)N1CCCC1. The molecule has 1 aromatic heterocycles. The zero-order chi connectivity index (χ0) is 13.8. The van der Waals surface area contributed by atoms with Crippen LogP contribution in [0.5, 0.6) is 0 Å². The topological polar surface area (TPSA) is 25.2 Å². The summed E-state index contributed by atoms with van der Waals surface area (Å²) in [6.45, 7) is 1.82. The van der Waals surface area contributed by atoms with Gasteiger partial charge in [-0.25, -0.2) is 0 Å². The van der Waals surface area contributed by atoms with Crippen molar-refractivity contribution >= 4 is 5.91 Å². The summed E-state index contributed by atoms with van der Waals surface area (Å²) in [6, 6.07) is 14.1. The van der Waals surface area contributed by atoms with Crippen LogP contribution in [-0.2, 0) is 11.2 Å². The molecule has 1 aliphatic heterocycles. The highest BCUT2D eigenvalue weighted by Crippen LogP contribution is 2.20. The number of nitrogens with zero attached hydrogens (tertiary/aromatic N) is 2. The Labute approximate surface area is 119 Å². The summed E-state index contributed by atoms with van der Waals surface area (Å²) >= 11 is 0. The van der Waals surface area contributed by atoms with E-state index in [2.05, 4.69) is 12.1 Å². The molecule has 0 radical (unpaired) electrons. The molecule has 1 atom stereocenters. The largest absolute Gasteiger partial charge is 0.342 e. The van der Waals surface area contributed by atoms with E-state index >= 15 is 0 Å². The van der Waals surface area contributed by atoms with Gasteiger partial charge in [-0.1, -0.05) is 30.3 Å². The van der Waals surface area contributed by atoms with Crippen molar-refractivity contribution in [2.24, 2.45) is 0 Å². The van der Waals surface area contributed by atoms with Gasteiger partial charge in [0.1, 0.15) is 6.04 Å². The molecule has 1 amide bonds. The molecule has 3 nitrogen and oxygen atoms in total. The maximum absolute atomic E-state index is 12.8. The predicted molar refractivity (Wildman–Crippen MR) is 79.4 cm³/mol. The zero-order valence-corrected chi connectivity index (χ0v) is 11.6. The van der Waals surface area contributed by atoms with Crippen LogP contribution >= 0.6 is 0 Å². The van der Waals surface area contributed by atoms with Crippen LogP contribution in [0.15, 0.2) is 54.9 Å². The molecule has 0 unspecified atom stereocenters. The molecule has 0 spiro atoms. The highest BCUT2D eigenvalue weighted by Gasteiger charge is 2.27. The number of carbonyl (C=O) groups is 1. The maximum atomic E-state index is 12.8. The van der Waals surface area contributed by atoms with E-state index in [0.29, 0.717) is 0 Å². The number of amides is 1. The summed E-state index contributed by atoms with van der Waals surface area (Å²) in [6.07, 6.45) is 7.00. The third-order valence-corrected chi connectivity index (χ3v) is 3.96. The molecule has 3 heteroatoms. The molecule has 0 bridgehead atoms. The first kappa shape index (κ1) is 13.0. The minimum absolute atomic E-state index is 0.120. The number of hydrogen-bond acceptors (Lipinski definition) is 1. The van der Waals surface area contributed by atoms with Crippen molar-refractivity contribution in [3.63, 3.8) is 0 Å². The second-order valence-corrected chi connectivity index (χ2v) is 5.37. The number of hydrogen-bond donors (Lipinski definition) is 0. The molecular weight excluding hydrogens is 248 g/mol. The van der Waals surface area contributed by atoms with E-state index in [1.807, 2.05) is 52.2 Å². The summed E-state index contributed by atoms with van der Waals surface area (Å²) in [5.74, 6) is 0.252. The molecular formula is C17H20N2O. The van der Waals surface area contributed by atoms with E-state index in [1.165, 1.54) is 5.56 Å². The summed E-state index contributed by atoms with van der Waals surface area (Å²) in [4.78, 5) is 14.8. The molecule has 1 saturated heterocycles. The molecule has 104 valence electrons. The number of benzene rings is 1. The number of rotatable bonds is 4. The van der Waals surface area contributed by atoms with Crippen LogP contribution in [0.25, 0.3) is 0 Å². The van der Waals surface area contributed by atoms with Gasteiger partial charge >= 0.3 is 0 Å². The lowest BCUT2D eigenvalue weighted by Crippen LogP contribution is -2.36. The third kappa shape index (κ3) is 2.77. The molecule has 0 saturated carbocycles. The zero-order valence-electron chi connectivity index (χ0n) is 11.6. The lowest BCUT2D eigenvalue weighted by atomic mass is 10.0. The van der Waals surface area contributed by atoms with Crippen LogP contribution in [0.1, 0.15) is 24.4 Å². The molecule has 20 heavy (non-hydrogen) atoms. The second-order valence-electron chi connectivity index (χ2n) is 5.37. The maximum Gasteiger partial charge on any atom is 0.245 e. The highest BCUT2D eigenvalue weighted by molar-refractivity contribution is 5.81. The lowest BCUT2D eigenvalue weighted by Gasteiger charge is -2.24. The van der Waals surface area contributed by atoms with E-state index in [1.54, 1.807) is 0 Å². The average Bonchev–Trinajstić information content (AvgIpc) is 3.18. The van der Waals surface area contributed by atoms with Crippen LogP contribution in [0.2, 0.25) is 0 Å². The Bertz CT molecular complexity index is 542. The van der Waals surface area contributed by atoms with Gasteiger partial charge in [-0.15, -0.1) is 0 Å². The van der Waals surface area contributed by atoms with Crippen LogP contribution in [0, 0.1) is 0 Å². The first-order chi connectivity index (χ1) is 9.84. The standard InChI is InChI=1S/C17H20N2O/c20-17(19-12-6-7-13-19)16(18-10-4-5-11-18)14-15-8-2-1-3-9-15/h1-5,8-11,16H,6-7,12-14H2/t16-/m1/s1. The van der Waals surface area contributed by atoms with E-state index < -0.39 is 0 Å². The molecule has 2 heterocycles. The van der Waals surface area contributed by atoms with Gasteiger partial charge in [0.2, 0.25) is 5.91 Å². The number of likely N-dealkylation sites (tertiary alicyclic amines) is 1. The molecule has 3 rings (SSSR count). The normalized spacial score (nSPS) is 16.3. The Hall–Kier alpha value is -2.03. The second kappa shape index (κ2) is 5.95. The number of aromatic nitrogens is 1. The minimum atomic E-state index is -0.120. The van der Waals surface area contributed by atoms with Crippen molar-refractivity contribution in [3.05, 3.63) is 60.4 Å². The third-order valence-electron chi connectivity index (χ3n) is 3.96. The van der Waals surface area contributed by atoms with Crippen molar-refractivity contribution in [1.82, 2.24) is 9.47 Å². The van der Waals surface area contributed by atoms with Gasteiger partial charge in [0.15, 0.2) is 0 Å². The fourth-order valence-electron chi connectivity index (χ4n) is 2.86. The van der Waals surface area contributed by atoms with Crippen molar-refractivity contribution < 1.29 is 4.79 Å². The van der Waals surface area contributed by atoms with Crippen LogP contribution < -0.4 is 0 Å². The van der Waals surface area contributed by atoms with E-state index in [4.69, 9.17) is 0 Å². The Morgan fingerprint density at radius 3 is 2.30 bits per heavy atom. The molecule has 0 aliphatic carbocycles. The van der Waals surface area contributed by atoms with E-state index in [-0.39, 0.29) is 11.9 Å². The van der Waals surface area contributed by atoms with Crippen molar-refractivity contribution in [1.29, 1.82) is 0 Å². The Kier molecular flexibility index (Phi) is 3.86. The fourth-order valence-corrected chi connectivity index (χ4v) is 2.86. The molecule has 2 aromatic rings. The quantitative estimate of drug-likeness (QED) is 0.837. The predicted octanol–water partition coefficient (Wildman–Crippen LogP) is 2.89. The van der Waals surface area contributed by atoms with E-state index in [9.17, 15) is 4.79 Å². The molecule has 0 N–H and O–H groups in total.